The van der Waals surface area contributed by atoms with Crippen molar-refractivity contribution >= 4 is 6.29 Å². The maximum absolute atomic E-state index is 13.0. The summed E-state index contributed by atoms with van der Waals surface area (Å²) in [6.45, 7) is 0. The SMILES string of the molecule is O=Cc1cc(-c2ccc(F)cc2)nc(-c2ccc(F)cc2)c1. The van der Waals surface area contributed by atoms with Crippen molar-refractivity contribution in [3.05, 3.63) is 77.9 Å². The van der Waals surface area contributed by atoms with Crippen LogP contribution in [0.3, 0.4) is 0 Å². The Morgan fingerprint density at radius 2 is 1.14 bits per heavy atom. The topological polar surface area (TPSA) is 30.0 Å². The number of aromatic nitrogens is 1. The molecule has 0 unspecified atom stereocenters. The van der Waals surface area contributed by atoms with E-state index >= 15 is 0 Å². The van der Waals surface area contributed by atoms with Crippen molar-refractivity contribution in [2.45, 2.75) is 0 Å². The first-order valence-corrected chi connectivity index (χ1v) is 6.65. The number of carbonyl (C=O) groups is 1. The lowest BCUT2D eigenvalue weighted by molar-refractivity contribution is 0.112. The second kappa shape index (κ2) is 5.85. The molecule has 0 amide bonds. The molecule has 0 bridgehead atoms. The van der Waals surface area contributed by atoms with Gasteiger partial charge >= 0.3 is 0 Å². The van der Waals surface area contributed by atoms with Crippen LogP contribution in [0.25, 0.3) is 22.5 Å². The fraction of sp³-hybridized carbons (Fsp3) is 0. The average molecular weight is 295 g/mol. The molecule has 0 aliphatic rings. The van der Waals surface area contributed by atoms with Gasteiger partial charge in [0.25, 0.3) is 0 Å². The van der Waals surface area contributed by atoms with Crippen LogP contribution in [-0.2, 0) is 0 Å². The van der Waals surface area contributed by atoms with E-state index in [4.69, 9.17) is 0 Å². The van der Waals surface area contributed by atoms with Crippen molar-refractivity contribution in [1.82, 2.24) is 4.98 Å². The number of rotatable bonds is 3. The molecule has 0 N–H and O–H groups in total. The smallest absolute Gasteiger partial charge is 0.150 e. The molecule has 22 heavy (non-hydrogen) atoms. The third-order valence-electron chi connectivity index (χ3n) is 3.26. The molecule has 3 aromatic rings. The zero-order valence-electron chi connectivity index (χ0n) is 11.5. The molecule has 108 valence electrons. The van der Waals surface area contributed by atoms with E-state index < -0.39 is 0 Å². The number of benzene rings is 2. The van der Waals surface area contributed by atoms with Gasteiger partial charge in [-0.25, -0.2) is 13.8 Å². The molecule has 0 saturated heterocycles. The van der Waals surface area contributed by atoms with Crippen molar-refractivity contribution in [2.75, 3.05) is 0 Å². The number of hydrogen-bond donors (Lipinski definition) is 0. The van der Waals surface area contributed by atoms with Crippen molar-refractivity contribution < 1.29 is 13.6 Å². The fourth-order valence-electron chi connectivity index (χ4n) is 2.16. The van der Waals surface area contributed by atoms with Crippen LogP contribution in [0.15, 0.2) is 60.7 Å². The van der Waals surface area contributed by atoms with Crippen molar-refractivity contribution in [3.63, 3.8) is 0 Å². The minimum absolute atomic E-state index is 0.339. The highest BCUT2D eigenvalue weighted by atomic mass is 19.1. The summed E-state index contributed by atoms with van der Waals surface area (Å²) in [5, 5.41) is 0. The molecule has 0 aliphatic carbocycles. The van der Waals surface area contributed by atoms with E-state index in [0.29, 0.717) is 28.1 Å². The number of hydrogen-bond acceptors (Lipinski definition) is 2. The summed E-state index contributed by atoms with van der Waals surface area (Å²) in [5.41, 5.74) is 2.98. The van der Waals surface area contributed by atoms with Gasteiger partial charge < -0.3 is 0 Å². The molecule has 1 aromatic heterocycles. The van der Waals surface area contributed by atoms with Crippen LogP contribution in [0.4, 0.5) is 8.78 Å². The molecule has 0 atom stereocenters. The third kappa shape index (κ3) is 2.91. The Hall–Kier alpha value is -2.88. The Labute approximate surface area is 126 Å². The van der Waals surface area contributed by atoms with Crippen LogP contribution < -0.4 is 0 Å². The predicted octanol–water partition coefficient (Wildman–Crippen LogP) is 4.51. The van der Waals surface area contributed by atoms with Crippen LogP contribution >= 0.6 is 0 Å². The van der Waals surface area contributed by atoms with E-state index in [1.165, 1.54) is 24.3 Å². The lowest BCUT2D eigenvalue weighted by atomic mass is 10.1. The van der Waals surface area contributed by atoms with Crippen LogP contribution in [0, 0.1) is 11.6 Å². The van der Waals surface area contributed by atoms with Gasteiger partial charge in [0.05, 0.1) is 11.4 Å². The molecule has 0 fully saturated rings. The van der Waals surface area contributed by atoms with Crippen LogP contribution in [0.5, 0.6) is 0 Å². The quantitative estimate of drug-likeness (QED) is 0.666. The molecule has 0 radical (unpaired) electrons. The minimum atomic E-state index is -0.339. The molecule has 0 saturated carbocycles. The molecular weight excluding hydrogens is 284 g/mol. The van der Waals surface area contributed by atoms with E-state index in [1.54, 1.807) is 36.4 Å². The first-order chi connectivity index (χ1) is 10.7. The Bertz CT molecular complexity index is 748. The lowest BCUT2D eigenvalue weighted by Crippen LogP contribution is -1.92. The van der Waals surface area contributed by atoms with Crippen molar-refractivity contribution in [3.8, 4) is 22.5 Å². The van der Waals surface area contributed by atoms with Crippen molar-refractivity contribution in [2.24, 2.45) is 0 Å². The van der Waals surface area contributed by atoms with Gasteiger partial charge in [-0.2, -0.15) is 0 Å². The minimum Gasteiger partial charge on any atom is -0.298 e. The first kappa shape index (κ1) is 14.1. The van der Waals surface area contributed by atoms with Gasteiger partial charge in [-0.1, -0.05) is 0 Å². The summed E-state index contributed by atoms with van der Waals surface area (Å²) in [6.07, 6.45) is 0.724. The number of aldehydes is 1. The maximum Gasteiger partial charge on any atom is 0.150 e. The fourth-order valence-corrected chi connectivity index (χ4v) is 2.16. The Morgan fingerprint density at radius 1 is 0.727 bits per heavy atom. The largest absolute Gasteiger partial charge is 0.298 e. The summed E-state index contributed by atoms with van der Waals surface area (Å²) < 4.78 is 26.0. The molecular formula is C18H11F2NO. The average Bonchev–Trinajstić information content (AvgIpc) is 2.55. The molecule has 2 aromatic carbocycles. The summed E-state index contributed by atoms with van der Waals surface area (Å²) >= 11 is 0. The number of halogens is 2. The Balaban J connectivity index is 2.12. The van der Waals surface area contributed by atoms with Gasteiger partial charge in [-0.05, 0) is 60.7 Å². The van der Waals surface area contributed by atoms with Crippen LogP contribution in [-0.4, -0.2) is 11.3 Å². The highest BCUT2D eigenvalue weighted by Crippen LogP contribution is 2.24. The van der Waals surface area contributed by atoms with Gasteiger partial charge in [0.2, 0.25) is 0 Å². The second-order valence-electron chi connectivity index (χ2n) is 4.80. The monoisotopic (exact) mass is 295 g/mol. The molecule has 2 nitrogen and oxygen atoms in total. The summed E-state index contributed by atoms with van der Waals surface area (Å²) in [4.78, 5) is 15.6. The van der Waals surface area contributed by atoms with Crippen LogP contribution in [0.2, 0.25) is 0 Å². The summed E-state index contributed by atoms with van der Waals surface area (Å²) in [7, 11) is 0. The maximum atomic E-state index is 13.0. The van der Waals surface area contributed by atoms with E-state index in [-0.39, 0.29) is 11.6 Å². The zero-order valence-corrected chi connectivity index (χ0v) is 11.5. The summed E-state index contributed by atoms with van der Waals surface area (Å²) in [5.74, 6) is -0.678. The van der Waals surface area contributed by atoms with Gasteiger partial charge in [-0.3, -0.25) is 4.79 Å². The lowest BCUT2D eigenvalue weighted by Gasteiger charge is -2.07. The Kier molecular flexibility index (Phi) is 3.74. The van der Waals surface area contributed by atoms with E-state index in [0.717, 1.165) is 6.29 Å². The number of nitrogens with zero attached hydrogens (tertiary/aromatic N) is 1. The molecule has 0 aliphatic heterocycles. The second-order valence-corrected chi connectivity index (χ2v) is 4.80. The highest BCUT2D eigenvalue weighted by Gasteiger charge is 2.07. The van der Waals surface area contributed by atoms with E-state index in [9.17, 15) is 13.6 Å². The molecule has 0 spiro atoms. The molecule has 3 rings (SSSR count). The number of pyridine rings is 1. The molecule has 1 heterocycles. The summed E-state index contributed by atoms with van der Waals surface area (Å²) in [6, 6.07) is 15.0. The molecule has 4 heteroatoms. The van der Waals surface area contributed by atoms with E-state index in [1.807, 2.05) is 0 Å². The van der Waals surface area contributed by atoms with E-state index in [2.05, 4.69) is 4.98 Å². The predicted molar refractivity (Wildman–Crippen MR) is 80.4 cm³/mol. The first-order valence-electron chi connectivity index (χ1n) is 6.65. The van der Waals surface area contributed by atoms with Gasteiger partial charge in [0.15, 0.2) is 0 Å². The normalized spacial score (nSPS) is 10.5. The van der Waals surface area contributed by atoms with Crippen molar-refractivity contribution in [1.29, 1.82) is 0 Å². The van der Waals surface area contributed by atoms with Gasteiger partial charge in [0, 0.05) is 16.7 Å². The van der Waals surface area contributed by atoms with Crippen LogP contribution in [0.1, 0.15) is 10.4 Å². The van der Waals surface area contributed by atoms with Gasteiger partial charge in [0.1, 0.15) is 17.9 Å². The highest BCUT2D eigenvalue weighted by molar-refractivity contribution is 5.81. The number of carbonyl (C=O) groups excluding carboxylic acids is 1. The van der Waals surface area contributed by atoms with Gasteiger partial charge in [-0.15, -0.1) is 0 Å². The third-order valence-corrected chi connectivity index (χ3v) is 3.26. The standard InChI is InChI=1S/C18H11F2NO/c19-15-5-1-13(2-6-15)17-9-12(11-22)10-18(21-17)14-3-7-16(20)8-4-14/h1-11H. The zero-order chi connectivity index (χ0) is 15.5. The Morgan fingerprint density at radius 3 is 1.50 bits per heavy atom.